The monoisotopic (exact) mass is 435 g/mol. The molecule has 32 heavy (non-hydrogen) atoms. The van der Waals surface area contributed by atoms with Gasteiger partial charge < -0.3 is 10.2 Å². The van der Waals surface area contributed by atoms with E-state index in [2.05, 4.69) is 58.7 Å². The first-order chi connectivity index (χ1) is 15.2. The van der Waals surface area contributed by atoms with Gasteiger partial charge in [-0.15, -0.1) is 0 Å². The molecule has 1 saturated heterocycles. The van der Waals surface area contributed by atoms with Gasteiger partial charge in [0.2, 0.25) is 11.8 Å². The maximum absolute atomic E-state index is 13.3. The third-order valence-corrected chi connectivity index (χ3v) is 6.12. The molecule has 0 radical (unpaired) electrons. The predicted molar refractivity (Wildman–Crippen MR) is 129 cm³/mol. The van der Waals surface area contributed by atoms with Gasteiger partial charge in [0.25, 0.3) is 0 Å². The zero-order chi connectivity index (χ0) is 23.3. The summed E-state index contributed by atoms with van der Waals surface area (Å²) in [5, 5.41) is 3.00. The summed E-state index contributed by atoms with van der Waals surface area (Å²) in [7, 11) is 0. The van der Waals surface area contributed by atoms with Gasteiger partial charge >= 0.3 is 0 Å². The molecule has 1 atom stereocenters. The SMILES string of the molecule is CC(C)C(NC(=O)C(C)(C)C)C(=O)N1CCN(C(c2ccccc2)c2ccccc2)CC1. The highest BCUT2D eigenvalue weighted by Gasteiger charge is 2.34. The fraction of sp³-hybridized carbons (Fsp3) is 0.481. The molecular formula is C27H37N3O2. The lowest BCUT2D eigenvalue weighted by Crippen LogP contribution is -2.57. The van der Waals surface area contributed by atoms with Gasteiger partial charge in [0.1, 0.15) is 6.04 Å². The lowest BCUT2D eigenvalue weighted by Gasteiger charge is -2.41. The Morgan fingerprint density at radius 1 is 0.812 bits per heavy atom. The van der Waals surface area contributed by atoms with Crippen LogP contribution in [0.15, 0.2) is 60.7 Å². The van der Waals surface area contributed by atoms with Crippen LogP contribution in [0.2, 0.25) is 0 Å². The molecule has 0 spiro atoms. The van der Waals surface area contributed by atoms with Crippen molar-refractivity contribution in [2.24, 2.45) is 11.3 Å². The Hall–Kier alpha value is -2.66. The molecule has 5 heteroatoms. The van der Waals surface area contributed by atoms with E-state index in [-0.39, 0.29) is 23.8 Å². The van der Waals surface area contributed by atoms with Crippen LogP contribution in [-0.4, -0.2) is 53.8 Å². The first kappa shape index (κ1) is 24.0. The van der Waals surface area contributed by atoms with Crippen molar-refractivity contribution in [3.63, 3.8) is 0 Å². The van der Waals surface area contributed by atoms with Gasteiger partial charge in [-0.25, -0.2) is 0 Å². The van der Waals surface area contributed by atoms with E-state index >= 15 is 0 Å². The van der Waals surface area contributed by atoms with E-state index in [4.69, 9.17) is 0 Å². The number of amides is 2. The lowest BCUT2D eigenvalue weighted by molar-refractivity contribution is -0.141. The second kappa shape index (κ2) is 10.3. The van der Waals surface area contributed by atoms with E-state index in [1.54, 1.807) is 0 Å². The summed E-state index contributed by atoms with van der Waals surface area (Å²) >= 11 is 0. The molecule has 3 rings (SSSR count). The molecule has 5 nitrogen and oxygen atoms in total. The van der Waals surface area contributed by atoms with Crippen molar-refractivity contribution >= 4 is 11.8 Å². The summed E-state index contributed by atoms with van der Waals surface area (Å²) in [6.07, 6.45) is 0. The molecule has 0 bridgehead atoms. The molecule has 1 aliphatic rings. The van der Waals surface area contributed by atoms with Crippen LogP contribution in [0.5, 0.6) is 0 Å². The molecule has 172 valence electrons. The van der Waals surface area contributed by atoms with Crippen molar-refractivity contribution in [1.29, 1.82) is 0 Å². The smallest absolute Gasteiger partial charge is 0.245 e. The zero-order valence-electron chi connectivity index (χ0n) is 20.0. The molecule has 1 unspecified atom stereocenters. The van der Waals surface area contributed by atoms with Gasteiger partial charge in [0.15, 0.2) is 0 Å². The quantitative estimate of drug-likeness (QED) is 0.743. The van der Waals surface area contributed by atoms with Crippen LogP contribution in [0, 0.1) is 11.3 Å². The fourth-order valence-electron chi connectivity index (χ4n) is 4.15. The molecule has 2 aromatic carbocycles. The summed E-state index contributed by atoms with van der Waals surface area (Å²) < 4.78 is 0. The maximum Gasteiger partial charge on any atom is 0.245 e. The number of hydrogen-bond acceptors (Lipinski definition) is 3. The Labute approximate surface area is 192 Å². The number of nitrogens with one attached hydrogen (secondary N) is 1. The molecule has 2 amide bonds. The Kier molecular flexibility index (Phi) is 7.73. The highest BCUT2D eigenvalue weighted by atomic mass is 16.2. The number of hydrogen-bond donors (Lipinski definition) is 1. The van der Waals surface area contributed by atoms with Gasteiger partial charge in [-0.1, -0.05) is 95.3 Å². The molecule has 1 heterocycles. The van der Waals surface area contributed by atoms with E-state index in [9.17, 15) is 9.59 Å². The van der Waals surface area contributed by atoms with Crippen LogP contribution >= 0.6 is 0 Å². The van der Waals surface area contributed by atoms with Gasteiger partial charge in [-0.3, -0.25) is 14.5 Å². The first-order valence-electron chi connectivity index (χ1n) is 11.6. The minimum atomic E-state index is -0.523. The average Bonchev–Trinajstić information content (AvgIpc) is 2.78. The van der Waals surface area contributed by atoms with Crippen LogP contribution in [0.3, 0.4) is 0 Å². The van der Waals surface area contributed by atoms with E-state index < -0.39 is 11.5 Å². The summed E-state index contributed by atoms with van der Waals surface area (Å²) in [5.41, 5.74) is 2.00. The number of piperazine rings is 1. The molecule has 0 aliphatic carbocycles. The predicted octanol–water partition coefficient (Wildman–Crippen LogP) is 4.11. The third kappa shape index (κ3) is 5.77. The average molecular weight is 436 g/mol. The number of carbonyl (C=O) groups is 2. The molecule has 1 fully saturated rings. The minimum absolute atomic E-state index is 0.0215. The second-order valence-corrected chi connectivity index (χ2v) is 10.0. The maximum atomic E-state index is 13.3. The van der Waals surface area contributed by atoms with E-state index in [0.29, 0.717) is 13.1 Å². The standard InChI is InChI=1S/C27H37N3O2/c1-20(2)23(28-26(32)27(3,4)5)25(31)30-18-16-29(17-19-30)24(21-12-8-6-9-13-21)22-14-10-7-11-15-22/h6-15,20,23-24H,16-19H2,1-5H3,(H,28,32). The van der Waals surface area contributed by atoms with Gasteiger partial charge in [0.05, 0.1) is 6.04 Å². The molecule has 0 saturated carbocycles. The molecule has 1 N–H and O–H groups in total. The number of nitrogens with zero attached hydrogens (tertiary/aromatic N) is 2. The van der Waals surface area contributed by atoms with Gasteiger partial charge in [-0.2, -0.15) is 0 Å². The molecule has 1 aliphatic heterocycles. The minimum Gasteiger partial charge on any atom is -0.344 e. The highest BCUT2D eigenvalue weighted by molar-refractivity contribution is 5.89. The van der Waals surface area contributed by atoms with Crippen molar-refractivity contribution in [3.05, 3.63) is 71.8 Å². The summed E-state index contributed by atoms with van der Waals surface area (Å²) in [6.45, 7) is 12.5. The summed E-state index contributed by atoms with van der Waals surface area (Å²) in [5.74, 6) is -0.0298. The van der Waals surface area contributed by atoms with Crippen LogP contribution < -0.4 is 5.32 Å². The molecule has 2 aromatic rings. The van der Waals surface area contributed by atoms with Gasteiger partial charge in [-0.05, 0) is 17.0 Å². The van der Waals surface area contributed by atoms with Crippen LogP contribution in [0.1, 0.15) is 51.8 Å². The zero-order valence-corrected chi connectivity index (χ0v) is 20.0. The van der Waals surface area contributed by atoms with Gasteiger partial charge in [0, 0.05) is 31.6 Å². The topological polar surface area (TPSA) is 52.7 Å². The molecule has 0 aromatic heterocycles. The summed E-state index contributed by atoms with van der Waals surface area (Å²) in [6, 6.07) is 20.8. The van der Waals surface area contributed by atoms with Crippen LogP contribution in [-0.2, 0) is 9.59 Å². The largest absolute Gasteiger partial charge is 0.344 e. The van der Waals surface area contributed by atoms with Crippen molar-refractivity contribution in [1.82, 2.24) is 15.1 Å². The normalized spacial score (nSPS) is 16.3. The van der Waals surface area contributed by atoms with Crippen LogP contribution in [0.4, 0.5) is 0 Å². The second-order valence-electron chi connectivity index (χ2n) is 10.0. The number of rotatable bonds is 6. The fourth-order valence-corrected chi connectivity index (χ4v) is 4.15. The lowest BCUT2D eigenvalue weighted by atomic mass is 9.93. The number of benzene rings is 2. The van der Waals surface area contributed by atoms with Crippen molar-refractivity contribution < 1.29 is 9.59 Å². The van der Waals surface area contributed by atoms with Crippen molar-refractivity contribution in [3.8, 4) is 0 Å². The Morgan fingerprint density at radius 2 is 1.28 bits per heavy atom. The summed E-state index contributed by atoms with van der Waals surface area (Å²) in [4.78, 5) is 30.2. The van der Waals surface area contributed by atoms with Crippen molar-refractivity contribution in [2.75, 3.05) is 26.2 Å². The third-order valence-electron chi connectivity index (χ3n) is 6.12. The van der Waals surface area contributed by atoms with E-state index in [1.165, 1.54) is 11.1 Å². The molecular weight excluding hydrogens is 398 g/mol. The van der Waals surface area contributed by atoms with Crippen molar-refractivity contribution in [2.45, 2.75) is 46.7 Å². The van der Waals surface area contributed by atoms with E-state index in [0.717, 1.165) is 13.1 Å². The number of carbonyl (C=O) groups excluding carboxylic acids is 2. The Balaban J connectivity index is 1.72. The Bertz CT molecular complexity index is 843. The Morgan fingerprint density at radius 3 is 1.69 bits per heavy atom. The highest BCUT2D eigenvalue weighted by Crippen LogP contribution is 2.29. The van der Waals surface area contributed by atoms with Crippen LogP contribution in [0.25, 0.3) is 0 Å². The van der Waals surface area contributed by atoms with E-state index in [1.807, 2.05) is 51.7 Å². The first-order valence-corrected chi connectivity index (χ1v) is 11.6.